The van der Waals surface area contributed by atoms with Crippen LogP contribution in [0.2, 0.25) is 0 Å². The second-order valence-corrected chi connectivity index (χ2v) is 5.75. The molecule has 0 unspecified atom stereocenters. The molecule has 0 aromatic heterocycles. The van der Waals surface area contributed by atoms with Crippen molar-refractivity contribution in [3.8, 4) is 0 Å². The van der Waals surface area contributed by atoms with Crippen LogP contribution in [0, 0.1) is 22.7 Å². The fourth-order valence-electron chi connectivity index (χ4n) is 5.56. The zero-order valence-electron chi connectivity index (χ0n) is 8.24. The van der Waals surface area contributed by atoms with Crippen LogP contribution in [0.15, 0.2) is 30.3 Å². The Balaban J connectivity index is 1.55. The van der Waals surface area contributed by atoms with Gasteiger partial charge in [-0.2, -0.15) is 0 Å². The Morgan fingerprint density at radius 3 is 2.21 bits per heavy atom. The smallest absolute Gasteiger partial charge is 0.00258 e. The summed E-state index contributed by atoms with van der Waals surface area (Å²) in [7, 11) is 0. The molecule has 1 aromatic rings. The lowest BCUT2D eigenvalue weighted by Crippen LogP contribution is -2.34. The van der Waals surface area contributed by atoms with Gasteiger partial charge in [0.15, 0.2) is 0 Å². The molecule has 4 fully saturated rings. The quantitative estimate of drug-likeness (QED) is 0.625. The Morgan fingerprint density at radius 1 is 0.929 bits per heavy atom. The number of hydrogen-bond acceptors (Lipinski definition) is 0. The van der Waals surface area contributed by atoms with Gasteiger partial charge in [-0.1, -0.05) is 36.8 Å². The van der Waals surface area contributed by atoms with Crippen LogP contribution in [0.5, 0.6) is 0 Å². The van der Waals surface area contributed by atoms with Gasteiger partial charge in [0.1, 0.15) is 0 Å². The first-order valence-electron chi connectivity index (χ1n) is 6.00. The maximum atomic E-state index is 2.34. The molecule has 0 amide bonds. The molecule has 0 radical (unpaired) electrons. The third-order valence-electron chi connectivity index (χ3n) is 5.88. The normalized spacial score (nSPS) is 59.9. The fraction of sp³-hybridized carbons (Fsp3) is 0.571. The van der Waals surface area contributed by atoms with Crippen LogP contribution in [0.1, 0.15) is 30.7 Å². The summed E-state index contributed by atoms with van der Waals surface area (Å²) in [5.41, 5.74) is 3.43. The van der Waals surface area contributed by atoms with E-state index in [-0.39, 0.29) is 0 Å². The molecule has 0 aliphatic heterocycles. The minimum Gasteiger partial charge on any atom is -0.0622 e. The molecule has 5 rings (SSSR count). The van der Waals surface area contributed by atoms with E-state index in [0.29, 0.717) is 0 Å². The van der Waals surface area contributed by atoms with Gasteiger partial charge in [0.2, 0.25) is 0 Å². The molecular weight excluding hydrogens is 168 g/mol. The Bertz CT molecular complexity index is 401. The topological polar surface area (TPSA) is 0 Å². The highest BCUT2D eigenvalue weighted by atomic mass is 15.2. The Kier molecular flexibility index (Phi) is 0.751. The molecule has 0 N–H and O–H groups in total. The summed E-state index contributed by atoms with van der Waals surface area (Å²) in [6.07, 6.45) is 4.64. The molecule has 0 heterocycles. The van der Waals surface area contributed by atoms with Crippen molar-refractivity contribution >= 4 is 0 Å². The third-order valence-corrected chi connectivity index (χ3v) is 5.88. The van der Waals surface area contributed by atoms with E-state index in [1.165, 1.54) is 18.3 Å². The standard InChI is InChI=1S/C14H14/c1-2-5-9(6-3-1)12-13-10-7-4-8-11(13)14(10,12)13/h1-3,5-6,10-12H,4,7-8H2. The molecule has 1 spiro atoms. The van der Waals surface area contributed by atoms with Crippen molar-refractivity contribution < 1.29 is 0 Å². The first-order valence-corrected chi connectivity index (χ1v) is 6.00. The van der Waals surface area contributed by atoms with Crippen LogP contribution in [-0.4, -0.2) is 0 Å². The molecule has 4 saturated carbocycles. The van der Waals surface area contributed by atoms with Crippen LogP contribution in [0.4, 0.5) is 0 Å². The van der Waals surface area contributed by atoms with Gasteiger partial charge in [0.25, 0.3) is 0 Å². The van der Waals surface area contributed by atoms with E-state index in [9.17, 15) is 0 Å². The second-order valence-electron chi connectivity index (χ2n) is 5.75. The SMILES string of the molecule is c1ccc(C2C34C5CCCC3C524)cc1. The van der Waals surface area contributed by atoms with Gasteiger partial charge in [-0.05, 0) is 47.0 Å². The van der Waals surface area contributed by atoms with Crippen molar-refractivity contribution in [2.75, 3.05) is 0 Å². The van der Waals surface area contributed by atoms with Crippen molar-refractivity contribution in [2.45, 2.75) is 25.2 Å². The van der Waals surface area contributed by atoms with Crippen molar-refractivity contribution in [3.63, 3.8) is 0 Å². The number of benzene rings is 1. The Labute approximate surface area is 84.3 Å². The van der Waals surface area contributed by atoms with Crippen LogP contribution < -0.4 is 0 Å². The molecule has 0 atom stereocenters. The van der Waals surface area contributed by atoms with Crippen molar-refractivity contribution in [1.82, 2.24) is 0 Å². The van der Waals surface area contributed by atoms with Gasteiger partial charge < -0.3 is 0 Å². The van der Waals surface area contributed by atoms with E-state index >= 15 is 0 Å². The predicted octanol–water partition coefficient (Wildman–Crippen LogP) is 3.20. The fourth-order valence-corrected chi connectivity index (χ4v) is 5.56. The average Bonchev–Trinajstić information content (AvgIpc) is 3.12. The minimum absolute atomic E-state index is 0.895. The summed E-state index contributed by atoms with van der Waals surface area (Å²) in [4.78, 5) is 0. The van der Waals surface area contributed by atoms with Crippen LogP contribution >= 0.6 is 0 Å². The summed E-state index contributed by atoms with van der Waals surface area (Å²) < 4.78 is 0. The van der Waals surface area contributed by atoms with E-state index in [2.05, 4.69) is 30.3 Å². The zero-order chi connectivity index (χ0) is 8.97. The van der Waals surface area contributed by atoms with Crippen LogP contribution in [0.3, 0.4) is 0 Å². The molecule has 70 valence electrons. The average molecular weight is 182 g/mol. The molecular formula is C14H14. The molecule has 0 saturated heterocycles. The van der Waals surface area contributed by atoms with Gasteiger partial charge in [-0.25, -0.2) is 0 Å². The highest BCUT2D eigenvalue weighted by molar-refractivity contribution is 5.68. The molecule has 0 nitrogen and oxygen atoms in total. The van der Waals surface area contributed by atoms with E-state index in [1.54, 1.807) is 18.4 Å². The summed E-state index contributed by atoms with van der Waals surface area (Å²) in [6.45, 7) is 0. The van der Waals surface area contributed by atoms with Crippen molar-refractivity contribution in [3.05, 3.63) is 35.9 Å². The van der Waals surface area contributed by atoms with E-state index in [1.807, 2.05) is 0 Å². The van der Waals surface area contributed by atoms with E-state index in [4.69, 9.17) is 0 Å². The summed E-state index contributed by atoms with van der Waals surface area (Å²) in [5.74, 6) is 3.37. The van der Waals surface area contributed by atoms with E-state index in [0.717, 1.165) is 16.7 Å². The molecule has 0 heteroatoms. The summed E-state index contributed by atoms with van der Waals surface area (Å²) >= 11 is 0. The van der Waals surface area contributed by atoms with Gasteiger partial charge in [-0.3, -0.25) is 0 Å². The maximum Gasteiger partial charge on any atom is -0.00258 e. The maximum absolute atomic E-state index is 2.34. The molecule has 14 heavy (non-hydrogen) atoms. The monoisotopic (exact) mass is 182 g/mol. The highest BCUT2D eigenvalue weighted by Crippen LogP contribution is 3.19. The number of rotatable bonds is 1. The van der Waals surface area contributed by atoms with Crippen LogP contribution in [0.25, 0.3) is 0 Å². The molecule has 1 aromatic carbocycles. The van der Waals surface area contributed by atoms with Crippen molar-refractivity contribution in [2.24, 2.45) is 22.7 Å². The lowest BCUT2D eigenvalue weighted by atomic mass is 9.62. The van der Waals surface area contributed by atoms with Crippen LogP contribution in [-0.2, 0) is 0 Å². The molecule has 4 aliphatic carbocycles. The minimum atomic E-state index is 0.895. The first kappa shape index (κ1) is 6.66. The molecule has 4 aliphatic rings. The van der Waals surface area contributed by atoms with Crippen molar-refractivity contribution in [1.29, 1.82) is 0 Å². The van der Waals surface area contributed by atoms with Gasteiger partial charge in [0.05, 0.1) is 0 Å². The lowest BCUT2D eigenvalue weighted by molar-refractivity contribution is 0.113. The van der Waals surface area contributed by atoms with E-state index < -0.39 is 0 Å². The highest BCUT2D eigenvalue weighted by Gasteiger charge is 3.15. The lowest BCUT2D eigenvalue weighted by Gasteiger charge is -2.41. The second kappa shape index (κ2) is 1.58. The summed E-state index contributed by atoms with van der Waals surface area (Å²) in [5, 5.41) is 0. The Morgan fingerprint density at radius 2 is 1.57 bits per heavy atom. The first-order chi connectivity index (χ1) is 6.95. The zero-order valence-corrected chi connectivity index (χ0v) is 8.24. The van der Waals surface area contributed by atoms with Gasteiger partial charge >= 0.3 is 0 Å². The summed E-state index contributed by atoms with van der Waals surface area (Å²) in [6, 6.07) is 11.2. The predicted molar refractivity (Wildman–Crippen MR) is 54.9 cm³/mol. The number of hydrogen-bond donors (Lipinski definition) is 0. The Hall–Kier alpha value is -0.780. The molecule has 0 bridgehead atoms. The van der Waals surface area contributed by atoms with Gasteiger partial charge in [-0.15, -0.1) is 0 Å². The van der Waals surface area contributed by atoms with Gasteiger partial charge in [0, 0.05) is 0 Å². The largest absolute Gasteiger partial charge is 0.0622 e. The third kappa shape index (κ3) is 0.371.